The van der Waals surface area contributed by atoms with Gasteiger partial charge in [0.15, 0.2) is 6.10 Å². The van der Waals surface area contributed by atoms with Crippen molar-refractivity contribution in [2.24, 2.45) is 0 Å². The zero-order valence-corrected chi connectivity index (χ0v) is 18.6. The number of hydrogen-bond donors (Lipinski definition) is 2. The quantitative estimate of drug-likeness (QED) is 0.237. The third kappa shape index (κ3) is 15.2. The Kier molecular flexibility index (Phi) is 17.3. The SMILES string of the molecule is CCCCCCCCCCCCCCCCCC[N+](C)(C)C(=O)C(O)CO. The number of nitrogens with zero attached hydrogens (tertiary/aromatic N) is 1. The van der Waals surface area contributed by atoms with Gasteiger partial charge in [0, 0.05) is 0 Å². The van der Waals surface area contributed by atoms with Crippen molar-refractivity contribution < 1.29 is 19.5 Å². The first-order valence-corrected chi connectivity index (χ1v) is 11.6. The van der Waals surface area contributed by atoms with Gasteiger partial charge in [-0.2, -0.15) is 0 Å². The van der Waals surface area contributed by atoms with Crippen molar-refractivity contribution in [2.75, 3.05) is 27.2 Å². The molecule has 0 heterocycles. The number of aliphatic hydroxyl groups is 2. The molecule has 1 unspecified atom stereocenters. The number of aliphatic hydroxyl groups excluding tert-OH is 2. The molecule has 0 aliphatic carbocycles. The van der Waals surface area contributed by atoms with E-state index in [2.05, 4.69) is 6.92 Å². The van der Waals surface area contributed by atoms with Crippen LogP contribution in [0.4, 0.5) is 0 Å². The zero-order valence-electron chi connectivity index (χ0n) is 18.6. The maximum Gasteiger partial charge on any atom is 0.344 e. The number of rotatable bonds is 19. The van der Waals surface area contributed by atoms with Crippen LogP contribution in [0.5, 0.6) is 0 Å². The van der Waals surface area contributed by atoms with Crippen LogP contribution in [0.15, 0.2) is 0 Å². The molecule has 0 spiro atoms. The molecule has 0 aromatic rings. The number of hydrogen-bond acceptors (Lipinski definition) is 3. The first-order chi connectivity index (χ1) is 13.0. The molecule has 162 valence electrons. The van der Waals surface area contributed by atoms with Crippen LogP contribution in [-0.4, -0.2) is 54.0 Å². The Hall–Kier alpha value is -0.450. The maximum absolute atomic E-state index is 11.9. The van der Waals surface area contributed by atoms with E-state index in [0.717, 1.165) is 19.4 Å². The second kappa shape index (κ2) is 17.6. The number of unbranched alkanes of at least 4 members (excludes halogenated alkanes) is 15. The molecule has 0 bridgehead atoms. The van der Waals surface area contributed by atoms with E-state index in [4.69, 9.17) is 5.11 Å². The summed E-state index contributed by atoms with van der Waals surface area (Å²) in [4.78, 5) is 11.9. The molecule has 4 heteroatoms. The van der Waals surface area contributed by atoms with Gasteiger partial charge in [-0.25, -0.2) is 4.79 Å². The minimum Gasteiger partial charge on any atom is -0.393 e. The van der Waals surface area contributed by atoms with Crippen molar-refractivity contribution in [1.29, 1.82) is 0 Å². The average Bonchev–Trinajstić information content (AvgIpc) is 2.66. The van der Waals surface area contributed by atoms with Gasteiger partial charge >= 0.3 is 5.91 Å². The third-order valence-electron chi connectivity index (χ3n) is 5.63. The highest BCUT2D eigenvalue weighted by Gasteiger charge is 2.31. The van der Waals surface area contributed by atoms with E-state index in [1.807, 2.05) is 14.1 Å². The van der Waals surface area contributed by atoms with Crippen LogP contribution in [0.25, 0.3) is 0 Å². The summed E-state index contributed by atoms with van der Waals surface area (Å²) in [5, 5.41) is 18.4. The summed E-state index contributed by atoms with van der Waals surface area (Å²) in [6.45, 7) is 2.52. The summed E-state index contributed by atoms with van der Waals surface area (Å²) >= 11 is 0. The predicted octanol–water partition coefficient (Wildman–Crippen LogP) is 5.20. The van der Waals surface area contributed by atoms with Crippen LogP contribution in [0.3, 0.4) is 0 Å². The van der Waals surface area contributed by atoms with E-state index in [1.165, 1.54) is 89.9 Å². The fourth-order valence-corrected chi connectivity index (χ4v) is 3.65. The fourth-order valence-electron chi connectivity index (χ4n) is 3.65. The lowest BCUT2D eigenvalue weighted by atomic mass is 10.0. The molecule has 1 amide bonds. The smallest absolute Gasteiger partial charge is 0.344 e. The zero-order chi connectivity index (χ0) is 20.4. The van der Waals surface area contributed by atoms with Gasteiger partial charge in [-0.1, -0.05) is 96.8 Å². The van der Waals surface area contributed by atoms with E-state index < -0.39 is 12.7 Å². The van der Waals surface area contributed by atoms with Crippen LogP contribution >= 0.6 is 0 Å². The van der Waals surface area contributed by atoms with Crippen LogP contribution in [0.2, 0.25) is 0 Å². The van der Waals surface area contributed by atoms with Gasteiger partial charge in [0.25, 0.3) is 0 Å². The summed E-state index contributed by atoms with van der Waals surface area (Å²) in [5.74, 6) is -0.293. The Bertz CT molecular complexity index is 345. The van der Waals surface area contributed by atoms with Crippen molar-refractivity contribution in [1.82, 2.24) is 0 Å². The molecule has 0 aromatic heterocycles. The van der Waals surface area contributed by atoms with Gasteiger partial charge < -0.3 is 10.2 Å². The Balaban J connectivity index is 3.35. The summed E-state index contributed by atoms with van der Waals surface area (Å²) in [6.07, 6.45) is 20.2. The van der Waals surface area contributed by atoms with Gasteiger partial charge in [0.2, 0.25) is 0 Å². The summed E-state index contributed by atoms with van der Waals surface area (Å²) in [6, 6.07) is 0. The van der Waals surface area contributed by atoms with Gasteiger partial charge in [-0.05, 0) is 12.8 Å². The normalized spacial score (nSPS) is 13.1. The predicted molar refractivity (Wildman–Crippen MR) is 115 cm³/mol. The molecule has 2 N–H and O–H groups in total. The van der Waals surface area contributed by atoms with E-state index in [1.54, 1.807) is 0 Å². The summed E-state index contributed by atoms with van der Waals surface area (Å²) < 4.78 is 0.153. The highest BCUT2D eigenvalue weighted by atomic mass is 16.3. The highest BCUT2D eigenvalue weighted by molar-refractivity contribution is 5.73. The number of carbonyl (C=O) groups excluding carboxylic acids is 1. The Morgan fingerprint density at radius 2 is 1.04 bits per heavy atom. The molecular weight excluding hydrogens is 338 g/mol. The number of quaternary nitrogens is 1. The Morgan fingerprint density at radius 1 is 0.704 bits per heavy atom. The minimum absolute atomic E-state index is 0.153. The molecule has 0 saturated carbocycles. The largest absolute Gasteiger partial charge is 0.393 e. The van der Waals surface area contributed by atoms with Crippen molar-refractivity contribution in [3.8, 4) is 0 Å². The van der Waals surface area contributed by atoms with Crippen molar-refractivity contribution in [2.45, 2.75) is 116 Å². The number of likely N-dealkylation sites (N-methyl/N-ethyl adjacent to an activating group) is 1. The lowest BCUT2D eigenvalue weighted by Gasteiger charge is -2.28. The molecular formula is C23H48NO3+. The van der Waals surface area contributed by atoms with Gasteiger partial charge in [0.1, 0.15) is 0 Å². The van der Waals surface area contributed by atoms with Crippen molar-refractivity contribution in [3.05, 3.63) is 0 Å². The monoisotopic (exact) mass is 386 g/mol. The van der Waals surface area contributed by atoms with E-state index in [-0.39, 0.29) is 10.4 Å². The Morgan fingerprint density at radius 3 is 1.37 bits per heavy atom. The average molecular weight is 387 g/mol. The molecule has 0 rings (SSSR count). The molecule has 27 heavy (non-hydrogen) atoms. The van der Waals surface area contributed by atoms with Crippen LogP contribution in [0, 0.1) is 0 Å². The van der Waals surface area contributed by atoms with E-state index in [9.17, 15) is 9.90 Å². The van der Waals surface area contributed by atoms with Gasteiger partial charge in [-0.3, -0.25) is 4.48 Å². The van der Waals surface area contributed by atoms with E-state index >= 15 is 0 Å². The van der Waals surface area contributed by atoms with Gasteiger partial charge in [0.05, 0.1) is 27.2 Å². The summed E-state index contributed by atoms with van der Waals surface area (Å²) in [7, 11) is 3.62. The molecule has 0 aliphatic rings. The lowest BCUT2D eigenvalue weighted by molar-refractivity contribution is -0.816. The van der Waals surface area contributed by atoms with Crippen molar-refractivity contribution >= 4 is 5.91 Å². The first kappa shape index (κ1) is 26.6. The van der Waals surface area contributed by atoms with Crippen LogP contribution < -0.4 is 0 Å². The van der Waals surface area contributed by atoms with Crippen molar-refractivity contribution in [3.63, 3.8) is 0 Å². The second-order valence-corrected chi connectivity index (χ2v) is 8.75. The minimum atomic E-state index is -1.25. The first-order valence-electron chi connectivity index (χ1n) is 11.6. The molecule has 0 aromatic carbocycles. The lowest BCUT2D eigenvalue weighted by Crippen LogP contribution is -2.52. The standard InChI is InChI=1S/C23H48NO3/c1-4-5-6-7-8-9-10-11-12-13-14-15-16-17-18-19-20-24(2,3)23(27)22(26)21-25/h22,25-26H,4-21H2,1-3H3/q+1. The molecule has 0 aliphatic heterocycles. The topological polar surface area (TPSA) is 57.5 Å². The van der Waals surface area contributed by atoms with E-state index in [0.29, 0.717) is 0 Å². The number of amides is 1. The van der Waals surface area contributed by atoms with Crippen LogP contribution in [-0.2, 0) is 4.79 Å². The molecule has 1 atom stereocenters. The molecule has 4 nitrogen and oxygen atoms in total. The third-order valence-corrected chi connectivity index (χ3v) is 5.63. The molecule has 0 saturated heterocycles. The maximum atomic E-state index is 11.9. The second-order valence-electron chi connectivity index (χ2n) is 8.75. The van der Waals surface area contributed by atoms with Crippen LogP contribution in [0.1, 0.15) is 110 Å². The molecule has 0 fully saturated rings. The fraction of sp³-hybridized carbons (Fsp3) is 0.957. The molecule has 0 radical (unpaired) electrons. The highest BCUT2D eigenvalue weighted by Crippen LogP contribution is 2.14. The number of carbonyl (C=O) groups is 1. The van der Waals surface area contributed by atoms with Gasteiger partial charge in [-0.15, -0.1) is 0 Å². The summed E-state index contributed by atoms with van der Waals surface area (Å²) in [5.41, 5.74) is 0. The Labute approximate surface area is 168 Å².